The predicted molar refractivity (Wildman–Crippen MR) is 84.3 cm³/mol. The summed E-state index contributed by atoms with van der Waals surface area (Å²) in [6, 6.07) is 4.82. The Morgan fingerprint density at radius 1 is 1.57 bits per heavy atom. The summed E-state index contributed by atoms with van der Waals surface area (Å²) in [5.74, 6) is 0.328. The molecular formula is C15H18FN3O3S. The van der Waals surface area contributed by atoms with Crippen molar-refractivity contribution >= 4 is 11.8 Å². The van der Waals surface area contributed by atoms with E-state index in [1.165, 1.54) is 24.9 Å². The van der Waals surface area contributed by atoms with Gasteiger partial charge in [0.2, 0.25) is 0 Å². The van der Waals surface area contributed by atoms with Gasteiger partial charge in [-0.2, -0.15) is 0 Å². The van der Waals surface area contributed by atoms with E-state index in [0.29, 0.717) is 17.5 Å². The van der Waals surface area contributed by atoms with Crippen LogP contribution in [0.2, 0.25) is 0 Å². The fourth-order valence-electron chi connectivity index (χ4n) is 2.51. The highest BCUT2D eigenvalue weighted by molar-refractivity contribution is 7.98. The van der Waals surface area contributed by atoms with Gasteiger partial charge < -0.3 is 9.47 Å². The van der Waals surface area contributed by atoms with Crippen LogP contribution in [0.1, 0.15) is 18.4 Å². The second-order valence-electron chi connectivity index (χ2n) is 5.31. The highest BCUT2D eigenvalue weighted by Crippen LogP contribution is 2.24. The summed E-state index contributed by atoms with van der Waals surface area (Å²) in [6.45, 7) is 1.24. The van der Waals surface area contributed by atoms with Gasteiger partial charge in [-0.3, -0.25) is 4.57 Å². The third kappa shape index (κ3) is 3.76. The molecule has 2 heterocycles. The Labute approximate surface area is 137 Å². The van der Waals surface area contributed by atoms with Gasteiger partial charge in [-0.1, -0.05) is 17.8 Å². The average molecular weight is 339 g/mol. The first-order valence-corrected chi connectivity index (χ1v) is 8.38. The first-order valence-electron chi connectivity index (χ1n) is 7.39. The fraction of sp³-hybridized carbons (Fsp3) is 0.467. The molecule has 23 heavy (non-hydrogen) atoms. The SMILES string of the molecule is COc1ccc(CSc2n[nH]c(=O)n2C[C@H]2CCCO2)cc1F. The molecule has 0 aliphatic carbocycles. The Hall–Kier alpha value is -1.80. The second kappa shape index (κ2) is 7.18. The van der Waals surface area contributed by atoms with E-state index in [-0.39, 0.29) is 17.5 Å². The number of methoxy groups -OCH3 is 1. The van der Waals surface area contributed by atoms with Gasteiger partial charge in [-0.15, -0.1) is 5.10 Å². The van der Waals surface area contributed by atoms with Crippen LogP contribution in [0, 0.1) is 5.82 Å². The molecule has 6 nitrogen and oxygen atoms in total. The predicted octanol–water partition coefficient (Wildman–Crippen LogP) is 2.19. The molecule has 1 fully saturated rings. The second-order valence-corrected chi connectivity index (χ2v) is 6.26. The van der Waals surface area contributed by atoms with E-state index >= 15 is 0 Å². The van der Waals surface area contributed by atoms with Crippen LogP contribution >= 0.6 is 11.8 Å². The number of rotatable bonds is 6. The number of nitrogens with one attached hydrogen (secondary N) is 1. The Balaban J connectivity index is 1.68. The van der Waals surface area contributed by atoms with Crippen molar-refractivity contribution in [2.24, 2.45) is 0 Å². The third-order valence-electron chi connectivity index (χ3n) is 3.72. The van der Waals surface area contributed by atoms with E-state index in [4.69, 9.17) is 9.47 Å². The maximum atomic E-state index is 13.7. The smallest absolute Gasteiger partial charge is 0.344 e. The maximum absolute atomic E-state index is 13.7. The summed E-state index contributed by atoms with van der Waals surface area (Å²) >= 11 is 1.38. The molecule has 0 spiro atoms. The molecule has 1 aromatic heterocycles. The van der Waals surface area contributed by atoms with Crippen molar-refractivity contribution in [3.8, 4) is 5.75 Å². The lowest BCUT2D eigenvalue weighted by atomic mass is 10.2. The van der Waals surface area contributed by atoms with Gasteiger partial charge in [0.1, 0.15) is 0 Å². The van der Waals surface area contributed by atoms with Crippen molar-refractivity contribution in [2.75, 3.05) is 13.7 Å². The summed E-state index contributed by atoms with van der Waals surface area (Å²) in [7, 11) is 1.43. The third-order valence-corrected chi connectivity index (χ3v) is 4.77. The standard InChI is InChI=1S/C15H18FN3O3S/c1-21-13-5-4-10(7-12(13)16)9-23-15-18-17-14(20)19(15)8-11-3-2-6-22-11/h4-5,7,11H,2-3,6,8-9H2,1H3,(H,17,20)/t11-/m1/s1. The van der Waals surface area contributed by atoms with E-state index in [9.17, 15) is 9.18 Å². The van der Waals surface area contributed by atoms with Crippen LogP contribution in [-0.2, 0) is 17.0 Å². The number of aromatic amines is 1. The number of hydrogen-bond donors (Lipinski definition) is 1. The summed E-state index contributed by atoms with van der Waals surface area (Å²) in [4.78, 5) is 11.9. The van der Waals surface area contributed by atoms with Gasteiger partial charge in [0, 0.05) is 12.4 Å². The van der Waals surface area contributed by atoms with Crippen molar-refractivity contribution in [3.05, 3.63) is 40.1 Å². The molecule has 0 amide bonds. The quantitative estimate of drug-likeness (QED) is 0.817. The van der Waals surface area contributed by atoms with Gasteiger partial charge in [0.15, 0.2) is 16.7 Å². The molecule has 1 aliphatic rings. The first-order chi connectivity index (χ1) is 11.2. The van der Waals surface area contributed by atoms with Crippen molar-refractivity contribution in [2.45, 2.75) is 36.4 Å². The van der Waals surface area contributed by atoms with Crippen LogP contribution in [0.15, 0.2) is 28.2 Å². The molecule has 1 saturated heterocycles. The minimum Gasteiger partial charge on any atom is -0.494 e. The first kappa shape index (κ1) is 16.1. The Morgan fingerprint density at radius 3 is 3.13 bits per heavy atom. The Bertz CT molecular complexity index is 725. The van der Waals surface area contributed by atoms with E-state index in [1.807, 2.05) is 0 Å². The van der Waals surface area contributed by atoms with Crippen LogP contribution in [-0.4, -0.2) is 34.6 Å². The zero-order chi connectivity index (χ0) is 16.2. The zero-order valence-electron chi connectivity index (χ0n) is 12.8. The topological polar surface area (TPSA) is 69.1 Å². The molecule has 1 atom stereocenters. The lowest BCUT2D eigenvalue weighted by molar-refractivity contribution is 0.0941. The summed E-state index contributed by atoms with van der Waals surface area (Å²) in [5, 5.41) is 7.09. The minimum atomic E-state index is -0.399. The van der Waals surface area contributed by atoms with Gasteiger partial charge in [0.05, 0.1) is 19.8 Å². The molecule has 0 unspecified atom stereocenters. The number of aromatic nitrogens is 3. The van der Waals surface area contributed by atoms with Crippen LogP contribution < -0.4 is 10.4 Å². The molecule has 3 rings (SSSR count). The molecule has 0 saturated carbocycles. The zero-order valence-corrected chi connectivity index (χ0v) is 13.6. The molecule has 1 N–H and O–H groups in total. The Morgan fingerprint density at radius 2 is 2.43 bits per heavy atom. The van der Waals surface area contributed by atoms with E-state index < -0.39 is 5.82 Å². The highest BCUT2D eigenvalue weighted by Gasteiger charge is 2.19. The lowest BCUT2D eigenvalue weighted by Crippen LogP contribution is -2.24. The maximum Gasteiger partial charge on any atom is 0.344 e. The summed E-state index contributed by atoms with van der Waals surface area (Å²) in [5.41, 5.74) is 0.552. The number of benzene rings is 1. The number of halogens is 1. The monoisotopic (exact) mass is 339 g/mol. The number of thioether (sulfide) groups is 1. The Kier molecular flexibility index (Phi) is 5.02. The number of hydrogen-bond acceptors (Lipinski definition) is 5. The van der Waals surface area contributed by atoms with Gasteiger partial charge >= 0.3 is 5.69 Å². The van der Waals surface area contributed by atoms with Crippen molar-refractivity contribution in [1.82, 2.24) is 14.8 Å². The van der Waals surface area contributed by atoms with Gasteiger partial charge in [0.25, 0.3) is 0 Å². The van der Waals surface area contributed by atoms with Crippen molar-refractivity contribution in [1.29, 1.82) is 0 Å². The lowest BCUT2D eigenvalue weighted by Gasteiger charge is -2.11. The van der Waals surface area contributed by atoms with Crippen molar-refractivity contribution in [3.63, 3.8) is 0 Å². The largest absolute Gasteiger partial charge is 0.494 e. The van der Waals surface area contributed by atoms with Gasteiger partial charge in [-0.05, 0) is 30.5 Å². The molecule has 0 bridgehead atoms. The number of H-pyrrole nitrogens is 1. The van der Waals surface area contributed by atoms with Crippen LogP contribution in [0.3, 0.4) is 0 Å². The molecule has 0 radical (unpaired) electrons. The molecule has 1 aromatic carbocycles. The molecule has 8 heteroatoms. The van der Waals surface area contributed by atoms with Crippen LogP contribution in [0.25, 0.3) is 0 Å². The molecule has 2 aromatic rings. The van der Waals surface area contributed by atoms with E-state index in [1.54, 1.807) is 16.7 Å². The van der Waals surface area contributed by atoms with Crippen molar-refractivity contribution < 1.29 is 13.9 Å². The van der Waals surface area contributed by atoms with Crippen LogP contribution in [0.5, 0.6) is 5.75 Å². The van der Waals surface area contributed by atoms with E-state index in [0.717, 1.165) is 25.0 Å². The van der Waals surface area contributed by atoms with Gasteiger partial charge in [-0.25, -0.2) is 14.3 Å². The number of nitrogens with zero attached hydrogens (tertiary/aromatic N) is 2. The molecular weight excluding hydrogens is 321 g/mol. The fourth-order valence-corrected chi connectivity index (χ4v) is 3.41. The highest BCUT2D eigenvalue weighted by atomic mass is 32.2. The molecule has 1 aliphatic heterocycles. The van der Waals surface area contributed by atoms with Crippen LogP contribution in [0.4, 0.5) is 4.39 Å². The minimum absolute atomic E-state index is 0.0584. The number of ether oxygens (including phenoxy) is 2. The molecule has 124 valence electrons. The average Bonchev–Trinajstić information content (AvgIpc) is 3.17. The normalized spacial score (nSPS) is 17.6. The van der Waals surface area contributed by atoms with E-state index in [2.05, 4.69) is 10.2 Å². The summed E-state index contributed by atoms with van der Waals surface area (Å²) in [6.07, 6.45) is 2.03. The summed E-state index contributed by atoms with van der Waals surface area (Å²) < 4.78 is 25.8.